The molecule has 0 bridgehead atoms. The number of carboxylic acid groups (broad SMARTS) is 1. The third kappa shape index (κ3) is 4.28. The van der Waals surface area contributed by atoms with Crippen LogP contribution >= 0.6 is 12.4 Å². The van der Waals surface area contributed by atoms with Gasteiger partial charge in [0.1, 0.15) is 0 Å². The first-order chi connectivity index (χ1) is 12.7. The zero-order chi connectivity index (χ0) is 17.9. The number of carbonyl (C=O) groups is 1. The highest BCUT2D eigenvalue weighted by Gasteiger charge is 2.26. The topological polar surface area (TPSA) is 43.8 Å². The SMILES string of the molecule is Cl.O=C(O)[C@@H]1CCCN(CCN2c3ccccc3CCc3ccccc32)C1. The summed E-state index contributed by atoms with van der Waals surface area (Å²) in [5.41, 5.74) is 5.38. The fourth-order valence-electron chi connectivity index (χ4n) is 4.31. The lowest BCUT2D eigenvalue weighted by atomic mass is 9.98. The minimum atomic E-state index is -0.653. The first-order valence-corrected chi connectivity index (χ1v) is 9.61. The van der Waals surface area contributed by atoms with Crippen LogP contribution < -0.4 is 4.90 Å². The Bertz CT molecular complexity index is 748. The molecule has 2 heterocycles. The number of fused-ring (bicyclic) bond motifs is 2. The zero-order valence-corrected chi connectivity index (χ0v) is 16.3. The molecule has 2 aromatic rings. The average molecular weight is 387 g/mol. The molecular formula is C22H27ClN2O2. The lowest BCUT2D eigenvalue weighted by molar-refractivity contribution is -0.143. The number of anilines is 2. The van der Waals surface area contributed by atoms with Crippen LogP contribution in [0.2, 0.25) is 0 Å². The van der Waals surface area contributed by atoms with Crippen LogP contribution in [0.5, 0.6) is 0 Å². The second-order valence-electron chi connectivity index (χ2n) is 7.39. The number of rotatable bonds is 4. The summed E-state index contributed by atoms with van der Waals surface area (Å²) in [6.07, 6.45) is 3.91. The van der Waals surface area contributed by atoms with Crippen LogP contribution in [-0.4, -0.2) is 42.2 Å². The number of piperidine rings is 1. The third-order valence-electron chi connectivity index (χ3n) is 5.72. The number of carboxylic acids is 1. The molecule has 2 aliphatic heterocycles. The van der Waals surface area contributed by atoms with Crippen molar-refractivity contribution in [3.05, 3.63) is 59.7 Å². The van der Waals surface area contributed by atoms with Gasteiger partial charge < -0.3 is 14.9 Å². The van der Waals surface area contributed by atoms with Gasteiger partial charge in [-0.2, -0.15) is 0 Å². The van der Waals surface area contributed by atoms with Crippen LogP contribution in [0.1, 0.15) is 24.0 Å². The van der Waals surface area contributed by atoms with Gasteiger partial charge >= 0.3 is 5.97 Å². The molecule has 1 atom stereocenters. The Labute approximate surface area is 167 Å². The van der Waals surface area contributed by atoms with E-state index < -0.39 is 5.97 Å². The molecule has 4 rings (SSSR count). The van der Waals surface area contributed by atoms with Crippen LogP contribution in [-0.2, 0) is 17.6 Å². The van der Waals surface area contributed by atoms with Gasteiger partial charge in [-0.05, 0) is 55.5 Å². The highest BCUT2D eigenvalue weighted by molar-refractivity contribution is 5.85. The first kappa shape index (κ1) is 19.7. The number of halogens is 1. The van der Waals surface area contributed by atoms with Gasteiger partial charge in [-0.3, -0.25) is 4.79 Å². The Kier molecular flexibility index (Phi) is 6.40. The van der Waals surface area contributed by atoms with Crippen LogP contribution in [0, 0.1) is 5.92 Å². The van der Waals surface area contributed by atoms with E-state index in [-0.39, 0.29) is 18.3 Å². The van der Waals surface area contributed by atoms with Crippen molar-refractivity contribution < 1.29 is 9.90 Å². The smallest absolute Gasteiger partial charge is 0.307 e. The van der Waals surface area contributed by atoms with Crippen molar-refractivity contribution in [2.75, 3.05) is 31.1 Å². The molecule has 0 saturated carbocycles. The summed E-state index contributed by atoms with van der Waals surface area (Å²) in [5, 5.41) is 9.33. The maximum Gasteiger partial charge on any atom is 0.307 e. The number of hydrogen-bond donors (Lipinski definition) is 1. The molecule has 0 amide bonds. The van der Waals surface area contributed by atoms with E-state index in [1.54, 1.807) is 0 Å². The van der Waals surface area contributed by atoms with Gasteiger partial charge in [-0.15, -0.1) is 12.4 Å². The number of aliphatic carboxylic acids is 1. The van der Waals surface area contributed by atoms with Gasteiger partial charge in [0.25, 0.3) is 0 Å². The maximum absolute atomic E-state index is 11.3. The average Bonchev–Trinajstić information content (AvgIpc) is 2.83. The number of hydrogen-bond acceptors (Lipinski definition) is 3. The van der Waals surface area contributed by atoms with E-state index in [2.05, 4.69) is 58.3 Å². The molecule has 2 aliphatic rings. The summed E-state index contributed by atoms with van der Waals surface area (Å²) in [6.45, 7) is 3.46. The quantitative estimate of drug-likeness (QED) is 0.857. The van der Waals surface area contributed by atoms with Gasteiger partial charge in [0.05, 0.1) is 5.92 Å². The van der Waals surface area contributed by atoms with Gasteiger partial charge in [-0.25, -0.2) is 0 Å². The van der Waals surface area contributed by atoms with E-state index in [0.29, 0.717) is 6.54 Å². The first-order valence-electron chi connectivity index (χ1n) is 9.61. The molecular weight excluding hydrogens is 360 g/mol. The van der Waals surface area contributed by atoms with E-state index in [4.69, 9.17) is 0 Å². The van der Waals surface area contributed by atoms with Crippen molar-refractivity contribution in [3.8, 4) is 0 Å². The van der Waals surface area contributed by atoms with E-state index in [0.717, 1.165) is 45.3 Å². The Morgan fingerprint density at radius 2 is 1.56 bits per heavy atom. The number of para-hydroxylation sites is 2. The second kappa shape index (κ2) is 8.77. The molecule has 144 valence electrons. The molecule has 27 heavy (non-hydrogen) atoms. The zero-order valence-electron chi connectivity index (χ0n) is 15.5. The van der Waals surface area contributed by atoms with E-state index in [1.165, 1.54) is 22.5 Å². The summed E-state index contributed by atoms with van der Waals surface area (Å²) in [5.74, 6) is -0.868. The van der Waals surface area contributed by atoms with E-state index in [9.17, 15) is 9.90 Å². The number of likely N-dealkylation sites (tertiary alicyclic amines) is 1. The van der Waals surface area contributed by atoms with Gasteiger partial charge in [0.15, 0.2) is 0 Å². The normalized spacial score (nSPS) is 19.4. The third-order valence-corrected chi connectivity index (χ3v) is 5.72. The summed E-state index contributed by atoms with van der Waals surface area (Å²) >= 11 is 0. The van der Waals surface area contributed by atoms with Crippen molar-refractivity contribution in [2.45, 2.75) is 25.7 Å². The Morgan fingerprint density at radius 3 is 2.15 bits per heavy atom. The predicted molar refractivity (Wildman–Crippen MR) is 111 cm³/mol. The molecule has 5 heteroatoms. The molecule has 0 aromatic heterocycles. The molecule has 0 spiro atoms. The molecule has 2 aromatic carbocycles. The number of aryl methyl sites for hydroxylation is 2. The van der Waals surface area contributed by atoms with Crippen molar-refractivity contribution in [1.82, 2.24) is 4.90 Å². The van der Waals surface area contributed by atoms with Crippen LogP contribution in [0.25, 0.3) is 0 Å². The number of benzene rings is 2. The summed E-state index contributed by atoms with van der Waals surface area (Å²) in [7, 11) is 0. The largest absolute Gasteiger partial charge is 0.481 e. The molecule has 0 radical (unpaired) electrons. The van der Waals surface area contributed by atoms with Crippen LogP contribution in [0.4, 0.5) is 11.4 Å². The Balaban J connectivity index is 0.00000210. The lowest BCUT2D eigenvalue weighted by Gasteiger charge is -2.34. The Morgan fingerprint density at radius 1 is 0.963 bits per heavy atom. The van der Waals surface area contributed by atoms with Gasteiger partial charge in [0.2, 0.25) is 0 Å². The summed E-state index contributed by atoms with van der Waals surface area (Å²) in [6, 6.07) is 17.4. The fourth-order valence-corrected chi connectivity index (χ4v) is 4.31. The summed E-state index contributed by atoms with van der Waals surface area (Å²) < 4.78 is 0. The second-order valence-corrected chi connectivity index (χ2v) is 7.39. The van der Waals surface area contributed by atoms with Gasteiger partial charge in [-0.1, -0.05) is 36.4 Å². The molecule has 1 fully saturated rings. The minimum absolute atomic E-state index is 0. The highest BCUT2D eigenvalue weighted by Crippen LogP contribution is 2.35. The van der Waals surface area contributed by atoms with E-state index >= 15 is 0 Å². The van der Waals surface area contributed by atoms with Crippen LogP contribution in [0.3, 0.4) is 0 Å². The van der Waals surface area contributed by atoms with Crippen molar-refractivity contribution in [3.63, 3.8) is 0 Å². The van der Waals surface area contributed by atoms with Crippen molar-refractivity contribution >= 4 is 29.8 Å². The van der Waals surface area contributed by atoms with Crippen molar-refractivity contribution in [2.24, 2.45) is 5.92 Å². The van der Waals surface area contributed by atoms with Crippen molar-refractivity contribution in [1.29, 1.82) is 0 Å². The summed E-state index contributed by atoms with van der Waals surface area (Å²) in [4.78, 5) is 16.1. The van der Waals surface area contributed by atoms with E-state index in [1.807, 2.05) is 0 Å². The highest BCUT2D eigenvalue weighted by atomic mass is 35.5. The fraction of sp³-hybridized carbons (Fsp3) is 0.409. The lowest BCUT2D eigenvalue weighted by Crippen LogP contribution is -2.42. The standard InChI is InChI=1S/C22H26N2O2.ClH/c25-22(26)19-8-5-13-23(16-19)14-15-24-20-9-3-1-6-17(20)11-12-18-7-2-4-10-21(18)24;/h1-4,6-7,9-10,19H,5,8,11-16H2,(H,25,26);1H/t19-;/m1./s1. The molecule has 0 aliphatic carbocycles. The van der Waals surface area contributed by atoms with Crippen LogP contribution in [0.15, 0.2) is 48.5 Å². The maximum atomic E-state index is 11.3. The molecule has 4 nitrogen and oxygen atoms in total. The molecule has 1 saturated heterocycles. The molecule has 1 N–H and O–H groups in total. The van der Waals surface area contributed by atoms with Gasteiger partial charge in [0, 0.05) is 31.0 Å². The monoisotopic (exact) mass is 386 g/mol. The minimum Gasteiger partial charge on any atom is -0.481 e. The number of nitrogens with zero attached hydrogens (tertiary/aromatic N) is 2. The predicted octanol–water partition coefficient (Wildman–Crippen LogP) is 4.14. The molecule has 0 unspecified atom stereocenters. The Hall–Kier alpha value is -2.04.